The summed E-state index contributed by atoms with van der Waals surface area (Å²) >= 11 is 0. The van der Waals surface area contributed by atoms with Crippen LogP contribution in [0.25, 0.3) is 0 Å². The van der Waals surface area contributed by atoms with Gasteiger partial charge in [0.1, 0.15) is 5.75 Å². The summed E-state index contributed by atoms with van der Waals surface area (Å²) in [6.45, 7) is 3.36. The van der Waals surface area contributed by atoms with Crippen molar-refractivity contribution in [2.45, 2.75) is 13.8 Å². The maximum absolute atomic E-state index is 12.6. The lowest BCUT2D eigenvalue weighted by molar-refractivity contribution is -0.131. The van der Waals surface area contributed by atoms with Crippen LogP contribution in [0.3, 0.4) is 0 Å². The van der Waals surface area contributed by atoms with Crippen LogP contribution in [0.5, 0.6) is 5.75 Å². The van der Waals surface area contributed by atoms with Gasteiger partial charge < -0.3 is 15.4 Å². The molecule has 0 heterocycles. The van der Waals surface area contributed by atoms with Gasteiger partial charge in [-0.25, -0.2) is 0 Å². The van der Waals surface area contributed by atoms with Gasteiger partial charge in [0.05, 0.1) is 11.4 Å². The van der Waals surface area contributed by atoms with Gasteiger partial charge in [-0.2, -0.15) is 0 Å². The number of para-hydroxylation sites is 2. The van der Waals surface area contributed by atoms with E-state index in [2.05, 4.69) is 10.6 Å². The van der Waals surface area contributed by atoms with Crippen LogP contribution in [-0.2, 0) is 4.79 Å². The first-order valence-corrected chi connectivity index (χ1v) is 8.54. The van der Waals surface area contributed by atoms with Crippen molar-refractivity contribution >= 4 is 28.9 Å². The van der Waals surface area contributed by atoms with Crippen molar-refractivity contribution in [3.05, 3.63) is 83.9 Å². The molecular weight excluding hydrogens is 340 g/mol. The summed E-state index contributed by atoms with van der Waals surface area (Å²) in [5.74, 6) is -0.244. The Kier molecular flexibility index (Phi) is 5.52. The first kappa shape index (κ1) is 18.2. The second kappa shape index (κ2) is 8.19. The van der Waals surface area contributed by atoms with Gasteiger partial charge in [0.25, 0.3) is 5.91 Å². The molecule has 0 saturated heterocycles. The smallest absolute Gasteiger partial charge is 0.308 e. The fourth-order valence-electron chi connectivity index (χ4n) is 2.53. The zero-order valence-corrected chi connectivity index (χ0v) is 15.2. The molecule has 27 heavy (non-hydrogen) atoms. The summed E-state index contributed by atoms with van der Waals surface area (Å²) in [6.07, 6.45) is 0. The van der Waals surface area contributed by atoms with Gasteiger partial charge in [-0.05, 0) is 55.5 Å². The summed E-state index contributed by atoms with van der Waals surface area (Å²) in [6, 6.07) is 21.9. The number of rotatable bonds is 5. The van der Waals surface area contributed by atoms with E-state index in [0.717, 1.165) is 11.4 Å². The molecule has 0 aliphatic heterocycles. The number of benzene rings is 3. The van der Waals surface area contributed by atoms with E-state index < -0.39 is 5.97 Å². The lowest BCUT2D eigenvalue weighted by Gasteiger charge is -2.13. The summed E-state index contributed by atoms with van der Waals surface area (Å²) in [4.78, 5) is 23.5. The Morgan fingerprint density at radius 2 is 1.44 bits per heavy atom. The Morgan fingerprint density at radius 1 is 0.815 bits per heavy atom. The van der Waals surface area contributed by atoms with Gasteiger partial charge in [0.15, 0.2) is 0 Å². The number of carbonyl (C=O) groups excluding carboxylic acids is 2. The topological polar surface area (TPSA) is 67.4 Å². The number of aryl methyl sites for hydroxylation is 1. The highest BCUT2D eigenvalue weighted by Crippen LogP contribution is 2.26. The lowest BCUT2D eigenvalue weighted by Crippen LogP contribution is -2.13. The van der Waals surface area contributed by atoms with Crippen molar-refractivity contribution in [1.82, 2.24) is 0 Å². The normalized spacial score (nSPS) is 10.1. The molecule has 3 rings (SSSR count). The Hall–Kier alpha value is -3.60. The van der Waals surface area contributed by atoms with E-state index in [4.69, 9.17) is 4.74 Å². The van der Waals surface area contributed by atoms with E-state index in [-0.39, 0.29) is 5.91 Å². The van der Waals surface area contributed by atoms with Crippen LogP contribution in [0.1, 0.15) is 22.8 Å². The van der Waals surface area contributed by atoms with Gasteiger partial charge in [0.2, 0.25) is 0 Å². The SMILES string of the molecule is CC(=O)Oc1ccc(C(=O)Nc2ccccc2Nc2ccc(C)cc2)cc1. The first-order valence-electron chi connectivity index (χ1n) is 8.54. The Balaban J connectivity index is 1.74. The van der Waals surface area contributed by atoms with Crippen LogP contribution in [-0.4, -0.2) is 11.9 Å². The molecule has 0 atom stereocenters. The number of ether oxygens (including phenoxy) is 1. The predicted octanol–water partition coefficient (Wildman–Crippen LogP) is 4.92. The van der Waals surface area contributed by atoms with E-state index in [1.807, 2.05) is 55.5 Å². The summed E-state index contributed by atoms with van der Waals surface area (Å²) in [5, 5.41) is 6.22. The molecule has 3 aromatic rings. The summed E-state index contributed by atoms with van der Waals surface area (Å²) in [5.41, 5.74) is 4.06. The molecule has 3 aromatic carbocycles. The van der Waals surface area contributed by atoms with Crippen LogP contribution in [0.4, 0.5) is 17.1 Å². The summed E-state index contributed by atoms with van der Waals surface area (Å²) < 4.78 is 4.98. The van der Waals surface area contributed by atoms with Crippen molar-refractivity contribution in [2.24, 2.45) is 0 Å². The van der Waals surface area contributed by atoms with Gasteiger partial charge >= 0.3 is 5.97 Å². The number of carbonyl (C=O) groups is 2. The highest BCUT2D eigenvalue weighted by molar-refractivity contribution is 6.06. The zero-order chi connectivity index (χ0) is 19.2. The molecule has 0 aliphatic carbocycles. The van der Waals surface area contributed by atoms with E-state index in [0.29, 0.717) is 17.0 Å². The van der Waals surface area contributed by atoms with Gasteiger partial charge in [-0.1, -0.05) is 29.8 Å². The molecule has 0 unspecified atom stereocenters. The van der Waals surface area contributed by atoms with Crippen molar-refractivity contribution in [2.75, 3.05) is 10.6 Å². The van der Waals surface area contributed by atoms with E-state index in [1.165, 1.54) is 12.5 Å². The molecule has 5 nitrogen and oxygen atoms in total. The van der Waals surface area contributed by atoms with Crippen molar-refractivity contribution in [1.29, 1.82) is 0 Å². The molecule has 0 fully saturated rings. The van der Waals surface area contributed by atoms with E-state index in [9.17, 15) is 9.59 Å². The maximum atomic E-state index is 12.6. The number of hydrogen-bond donors (Lipinski definition) is 2. The third-order valence-electron chi connectivity index (χ3n) is 3.88. The van der Waals surface area contributed by atoms with Crippen LogP contribution in [0, 0.1) is 6.92 Å². The minimum absolute atomic E-state index is 0.248. The molecule has 0 radical (unpaired) electrons. The number of nitrogens with one attached hydrogen (secondary N) is 2. The van der Waals surface area contributed by atoms with Gasteiger partial charge in [0, 0.05) is 18.2 Å². The molecule has 0 saturated carbocycles. The third-order valence-corrected chi connectivity index (χ3v) is 3.88. The van der Waals surface area contributed by atoms with Crippen LogP contribution in [0.2, 0.25) is 0 Å². The zero-order valence-electron chi connectivity index (χ0n) is 15.2. The first-order chi connectivity index (χ1) is 13.0. The van der Waals surface area contributed by atoms with E-state index >= 15 is 0 Å². The quantitative estimate of drug-likeness (QED) is 0.501. The lowest BCUT2D eigenvalue weighted by atomic mass is 10.2. The standard InChI is InChI=1S/C22H20N2O3/c1-15-7-11-18(12-8-15)23-20-5-3-4-6-21(20)24-22(26)17-9-13-19(14-10-17)27-16(2)25/h3-14,23H,1-2H3,(H,24,26). The maximum Gasteiger partial charge on any atom is 0.308 e. The molecule has 2 N–H and O–H groups in total. The third kappa shape index (κ3) is 4.95. The second-order valence-corrected chi connectivity index (χ2v) is 6.11. The average molecular weight is 360 g/mol. The average Bonchev–Trinajstić information content (AvgIpc) is 2.65. The highest BCUT2D eigenvalue weighted by atomic mass is 16.5. The highest BCUT2D eigenvalue weighted by Gasteiger charge is 2.10. The van der Waals surface area contributed by atoms with Crippen LogP contribution < -0.4 is 15.4 Å². The Labute approximate surface area is 158 Å². The molecule has 5 heteroatoms. The minimum Gasteiger partial charge on any atom is -0.427 e. The Morgan fingerprint density at radius 3 is 2.07 bits per heavy atom. The largest absolute Gasteiger partial charge is 0.427 e. The molecule has 0 bridgehead atoms. The van der Waals surface area contributed by atoms with E-state index in [1.54, 1.807) is 24.3 Å². The monoisotopic (exact) mass is 360 g/mol. The number of esters is 1. The molecule has 0 aromatic heterocycles. The van der Waals surface area contributed by atoms with Gasteiger partial charge in [-0.3, -0.25) is 9.59 Å². The Bertz CT molecular complexity index is 948. The second-order valence-electron chi connectivity index (χ2n) is 6.11. The molecule has 0 aliphatic rings. The molecular formula is C22H20N2O3. The minimum atomic E-state index is -0.400. The van der Waals surface area contributed by atoms with Crippen LogP contribution >= 0.6 is 0 Å². The van der Waals surface area contributed by atoms with Crippen LogP contribution in [0.15, 0.2) is 72.8 Å². The molecule has 0 spiro atoms. The van der Waals surface area contributed by atoms with Crippen molar-refractivity contribution in [3.8, 4) is 5.75 Å². The fraction of sp³-hybridized carbons (Fsp3) is 0.0909. The van der Waals surface area contributed by atoms with Crippen molar-refractivity contribution < 1.29 is 14.3 Å². The molecule has 1 amide bonds. The summed E-state index contributed by atoms with van der Waals surface area (Å²) in [7, 11) is 0. The number of anilines is 3. The van der Waals surface area contributed by atoms with Gasteiger partial charge in [-0.15, -0.1) is 0 Å². The number of amides is 1. The number of hydrogen-bond acceptors (Lipinski definition) is 4. The predicted molar refractivity (Wildman–Crippen MR) is 107 cm³/mol. The molecule has 136 valence electrons. The van der Waals surface area contributed by atoms with Crippen molar-refractivity contribution in [3.63, 3.8) is 0 Å². The fourth-order valence-corrected chi connectivity index (χ4v) is 2.53.